The van der Waals surface area contributed by atoms with E-state index in [1.165, 1.54) is 17.7 Å². The summed E-state index contributed by atoms with van der Waals surface area (Å²) in [6.45, 7) is 4.38. The molecule has 6 heteroatoms. The largest absolute Gasteiger partial charge is 0.356 e. The number of nitrogens with one attached hydrogen (secondary N) is 2. The SMILES string of the molecule is Cc1ccc(CN2CCNC(=O)C2CC(=O)NCCc2cccc(F)c2)cc1. The van der Waals surface area contributed by atoms with E-state index >= 15 is 0 Å². The maximum atomic E-state index is 13.2. The van der Waals surface area contributed by atoms with Crippen LogP contribution in [0.25, 0.3) is 0 Å². The van der Waals surface area contributed by atoms with Gasteiger partial charge in [-0.1, -0.05) is 42.0 Å². The molecule has 1 heterocycles. The lowest BCUT2D eigenvalue weighted by molar-refractivity contribution is -0.134. The highest BCUT2D eigenvalue weighted by molar-refractivity contribution is 5.88. The lowest BCUT2D eigenvalue weighted by Crippen LogP contribution is -2.56. The van der Waals surface area contributed by atoms with E-state index in [4.69, 9.17) is 0 Å². The third kappa shape index (κ3) is 5.63. The first-order valence-electron chi connectivity index (χ1n) is 9.60. The molecule has 0 bridgehead atoms. The lowest BCUT2D eigenvalue weighted by Gasteiger charge is -2.34. The number of hydrogen-bond acceptors (Lipinski definition) is 3. The van der Waals surface area contributed by atoms with Gasteiger partial charge in [0.15, 0.2) is 0 Å². The maximum Gasteiger partial charge on any atom is 0.237 e. The summed E-state index contributed by atoms with van der Waals surface area (Å²) in [5.41, 5.74) is 3.14. The molecule has 28 heavy (non-hydrogen) atoms. The molecule has 2 aromatic carbocycles. The Bertz CT molecular complexity index is 823. The molecule has 0 spiro atoms. The van der Waals surface area contributed by atoms with Crippen LogP contribution >= 0.6 is 0 Å². The van der Waals surface area contributed by atoms with E-state index in [1.807, 2.05) is 25.1 Å². The lowest BCUT2D eigenvalue weighted by atomic mass is 10.1. The Morgan fingerprint density at radius 1 is 1.21 bits per heavy atom. The van der Waals surface area contributed by atoms with E-state index in [0.29, 0.717) is 32.6 Å². The molecule has 2 aromatic rings. The molecule has 1 aliphatic rings. The summed E-state index contributed by atoms with van der Waals surface area (Å²) >= 11 is 0. The van der Waals surface area contributed by atoms with Crippen LogP contribution in [0.15, 0.2) is 48.5 Å². The van der Waals surface area contributed by atoms with Gasteiger partial charge in [0.2, 0.25) is 11.8 Å². The van der Waals surface area contributed by atoms with E-state index in [0.717, 1.165) is 11.1 Å². The van der Waals surface area contributed by atoms with Crippen LogP contribution in [0.1, 0.15) is 23.1 Å². The molecular weight excluding hydrogens is 357 g/mol. The average molecular weight is 383 g/mol. The van der Waals surface area contributed by atoms with E-state index in [-0.39, 0.29) is 24.1 Å². The Hall–Kier alpha value is -2.73. The first-order chi connectivity index (χ1) is 13.5. The molecule has 0 saturated carbocycles. The van der Waals surface area contributed by atoms with Crippen molar-refractivity contribution in [2.45, 2.75) is 32.4 Å². The van der Waals surface area contributed by atoms with Gasteiger partial charge in [0, 0.05) is 26.2 Å². The van der Waals surface area contributed by atoms with Crippen molar-refractivity contribution in [3.05, 3.63) is 71.0 Å². The quantitative estimate of drug-likeness (QED) is 0.771. The van der Waals surface area contributed by atoms with Crippen molar-refractivity contribution in [1.82, 2.24) is 15.5 Å². The Morgan fingerprint density at radius 3 is 2.75 bits per heavy atom. The molecular formula is C22H26FN3O2. The summed E-state index contributed by atoms with van der Waals surface area (Å²) in [5, 5.41) is 5.69. The van der Waals surface area contributed by atoms with Crippen molar-refractivity contribution < 1.29 is 14.0 Å². The summed E-state index contributed by atoms with van der Waals surface area (Å²) in [5.74, 6) is -0.569. The Balaban J connectivity index is 1.53. The Kier molecular flexibility index (Phi) is 6.76. The summed E-state index contributed by atoms with van der Waals surface area (Å²) in [6.07, 6.45) is 0.661. The van der Waals surface area contributed by atoms with Gasteiger partial charge < -0.3 is 10.6 Å². The molecule has 0 aliphatic carbocycles. The number of rotatable bonds is 7. The molecule has 148 valence electrons. The van der Waals surface area contributed by atoms with Crippen molar-refractivity contribution in [1.29, 1.82) is 0 Å². The smallest absolute Gasteiger partial charge is 0.237 e. The van der Waals surface area contributed by atoms with Gasteiger partial charge in [-0.2, -0.15) is 0 Å². The van der Waals surface area contributed by atoms with Crippen LogP contribution in [0.2, 0.25) is 0 Å². The molecule has 3 rings (SSSR count). The predicted octanol–water partition coefficient (Wildman–Crippen LogP) is 2.18. The Labute approximate surface area is 164 Å². The van der Waals surface area contributed by atoms with E-state index < -0.39 is 6.04 Å². The molecule has 0 aromatic heterocycles. The summed E-state index contributed by atoms with van der Waals surface area (Å²) in [7, 11) is 0. The van der Waals surface area contributed by atoms with Crippen molar-refractivity contribution in [2.24, 2.45) is 0 Å². The molecule has 5 nitrogen and oxygen atoms in total. The molecule has 1 saturated heterocycles. The third-order valence-corrected chi connectivity index (χ3v) is 4.95. The van der Waals surface area contributed by atoms with E-state index in [9.17, 15) is 14.0 Å². The number of carbonyl (C=O) groups is 2. The second-order valence-corrected chi connectivity index (χ2v) is 7.20. The third-order valence-electron chi connectivity index (χ3n) is 4.95. The zero-order valence-corrected chi connectivity index (χ0v) is 16.1. The minimum absolute atomic E-state index is 0.112. The Morgan fingerprint density at radius 2 is 2.00 bits per heavy atom. The minimum Gasteiger partial charge on any atom is -0.356 e. The van der Waals surface area contributed by atoms with Crippen LogP contribution < -0.4 is 10.6 Å². The number of benzene rings is 2. The average Bonchev–Trinajstić information content (AvgIpc) is 2.66. The van der Waals surface area contributed by atoms with Gasteiger partial charge in [-0.15, -0.1) is 0 Å². The van der Waals surface area contributed by atoms with E-state index in [1.54, 1.807) is 6.07 Å². The van der Waals surface area contributed by atoms with Crippen molar-refractivity contribution in [3.8, 4) is 0 Å². The molecule has 2 N–H and O–H groups in total. The van der Waals surface area contributed by atoms with Crippen molar-refractivity contribution in [3.63, 3.8) is 0 Å². The second-order valence-electron chi connectivity index (χ2n) is 7.20. The summed E-state index contributed by atoms with van der Waals surface area (Å²) in [6, 6.07) is 14.1. The number of amides is 2. The number of aryl methyl sites for hydroxylation is 1. The second kappa shape index (κ2) is 9.46. The summed E-state index contributed by atoms with van der Waals surface area (Å²) < 4.78 is 13.2. The minimum atomic E-state index is -0.482. The molecule has 1 atom stereocenters. The predicted molar refractivity (Wildman–Crippen MR) is 106 cm³/mol. The fourth-order valence-electron chi connectivity index (χ4n) is 3.39. The molecule has 2 amide bonds. The highest BCUT2D eigenvalue weighted by Crippen LogP contribution is 2.14. The molecule has 1 fully saturated rings. The van der Waals surface area contributed by atoms with Crippen LogP contribution in [0.3, 0.4) is 0 Å². The van der Waals surface area contributed by atoms with Gasteiger partial charge in [0.25, 0.3) is 0 Å². The number of halogens is 1. The highest BCUT2D eigenvalue weighted by Gasteiger charge is 2.31. The fourth-order valence-corrected chi connectivity index (χ4v) is 3.39. The number of carbonyl (C=O) groups excluding carboxylic acids is 2. The van der Waals surface area contributed by atoms with Crippen molar-refractivity contribution in [2.75, 3.05) is 19.6 Å². The monoisotopic (exact) mass is 383 g/mol. The van der Waals surface area contributed by atoms with Crippen LogP contribution in [0, 0.1) is 12.7 Å². The van der Waals surface area contributed by atoms with E-state index in [2.05, 4.69) is 27.7 Å². The fraction of sp³-hybridized carbons (Fsp3) is 0.364. The van der Waals surface area contributed by atoms with Gasteiger partial charge in [-0.25, -0.2) is 4.39 Å². The number of hydrogen-bond donors (Lipinski definition) is 2. The zero-order chi connectivity index (χ0) is 19.9. The van der Waals surface area contributed by atoms with Crippen LogP contribution in [0.4, 0.5) is 4.39 Å². The highest BCUT2D eigenvalue weighted by atomic mass is 19.1. The van der Waals surface area contributed by atoms with Gasteiger partial charge in [0.1, 0.15) is 5.82 Å². The van der Waals surface area contributed by atoms with Crippen LogP contribution in [0.5, 0.6) is 0 Å². The number of piperazine rings is 1. The van der Waals surface area contributed by atoms with Gasteiger partial charge in [0.05, 0.1) is 12.5 Å². The van der Waals surface area contributed by atoms with Crippen LogP contribution in [-0.4, -0.2) is 42.4 Å². The normalized spacial score (nSPS) is 17.2. The first-order valence-corrected chi connectivity index (χ1v) is 9.60. The van der Waals surface area contributed by atoms with Gasteiger partial charge in [-0.05, 0) is 36.6 Å². The number of nitrogens with zero attached hydrogens (tertiary/aromatic N) is 1. The first kappa shape index (κ1) is 20.0. The maximum absolute atomic E-state index is 13.2. The van der Waals surface area contributed by atoms with Gasteiger partial charge in [-0.3, -0.25) is 14.5 Å². The van der Waals surface area contributed by atoms with Crippen LogP contribution in [-0.2, 0) is 22.6 Å². The topological polar surface area (TPSA) is 61.4 Å². The summed E-state index contributed by atoms with van der Waals surface area (Å²) in [4.78, 5) is 26.8. The zero-order valence-electron chi connectivity index (χ0n) is 16.1. The molecule has 1 unspecified atom stereocenters. The molecule has 0 radical (unpaired) electrons. The van der Waals surface area contributed by atoms with Crippen molar-refractivity contribution >= 4 is 11.8 Å². The standard InChI is InChI=1S/C22H26FN3O2/c1-16-5-7-18(8-6-16)15-26-12-11-25-22(28)20(26)14-21(27)24-10-9-17-3-2-4-19(23)13-17/h2-8,13,20H,9-12,14-15H2,1H3,(H,24,27)(H,25,28). The van der Waals surface area contributed by atoms with Gasteiger partial charge >= 0.3 is 0 Å². The molecule has 1 aliphatic heterocycles.